The summed E-state index contributed by atoms with van der Waals surface area (Å²) in [5.74, 6) is -1.38. The number of nitrogens with two attached hydrogens (primary N) is 1. The van der Waals surface area contributed by atoms with Crippen molar-refractivity contribution in [2.75, 3.05) is 18.8 Å². The number of carbonyl (C=O) groups excluding carboxylic acids is 1. The number of nitrogens with zero attached hydrogens (tertiary/aromatic N) is 3. The summed E-state index contributed by atoms with van der Waals surface area (Å²) in [6.45, 7) is 0.0269. The number of aliphatic carboxylic acids is 1. The van der Waals surface area contributed by atoms with Crippen molar-refractivity contribution in [3.05, 3.63) is 5.69 Å². The molecule has 17 heavy (non-hydrogen) atoms. The Hall–Kier alpha value is -2.12. The standard InChI is InChI=1S/C9H12N4O4/c10-8-7(11-17-12-8)9(16)13(4-6(14)15)3-5-1-2-5/h5H,1-4H2,(H2,10,12)(H,14,15). The van der Waals surface area contributed by atoms with Crippen molar-refractivity contribution in [2.45, 2.75) is 12.8 Å². The zero-order valence-electron chi connectivity index (χ0n) is 9.00. The first-order valence-electron chi connectivity index (χ1n) is 5.17. The molecule has 8 heteroatoms. The number of carbonyl (C=O) groups is 2. The van der Waals surface area contributed by atoms with E-state index in [-0.39, 0.29) is 18.1 Å². The molecule has 0 atom stereocenters. The van der Waals surface area contributed by atoms with Gasteiger partial charge < -0.3 is 15.7 Å². The van der Waals surface area contributed by atoms with E-state index in [1.54, 1.807) is 0 Å². The molecule has 0 unspecified atom stereocenters. The zero-order chi connectivity index (χ0) is 12.4. The molecule has 0 radical (unpaired) electrons. The van der Waals surface area contributed by atoms with Crippen LogP contribution in [0.25, 0.3) is 0 Å². The quantitative estimate of drug-likeness (QED) is 0.716. The number of nitrogen functional groups attached to an aromatic ring is 1. The van der Waals surface area contributed by atoms with Crippen LogP contribution in [0.3, 0.4) is 0 Å². The second-order valence-corrected chi connectivity index (χ2v) is 4.02. The highest BCUT2D eigenvalue weighted by atomic mass is 16.6. The van der Waals surface area contributed by atoms with Crippen LogP contribution < -0.4 is 5.73 Å². The normalized spacial score (nSPS) is 14.6. The summed E-state index contributed by atoms with van der Waals surface area (Å²) in [5, 5.41) is 15.4. The number of carboxylic acid groups (broad SMARTS) is 1. The van der Waals surface area contributed by atoms with E-state index in [1.807, 2.05) is 0 Å². The zero-order valence-corrected chi connectivity index (χ0v) is 9.00. The Morgan fingerprint density at radius 1 is 1.47 bits per heavy atom. The summed E-state index contributed by atoms with van der Waals surface area (Å²) in [6.07, 6.45) is 2.02. The van der Waals surface area contributed by atoms with Gasteiger partial charge in [0.25, 0.3) is 5.91 Å². The topological polar surface area (TPSA) is 123 Å². The second kappa shape index (κ2) is 4.40. The summed E-state index contributed by atoms with van der Waals surface area (Å²) < 4.78 is 4.32. The molecule has 1 amide bonds. The Labute approximate surface area is 96.3 Å². The van der Waals surface area contributed by atoms with Gasteiger partial charge in [-0.15, -0.1) is 0 Å². The average molecular weight is 240 g/mol. The van der Waals surface area contributed by atoms with E-state index in [4.69, 9.17) is 10.8 Å². The van der Waals surface area contributed by atoms with E-state index in [2.05, 4.69) is 14.9 Å². The Balaban J connectivity index is 2.10. The van der Waals surface area contributed by atoms with Gasteiger partial charge in [-0.3, -0.25) is 9.59 Å². The molecule has 1 aliphatic carbocycles. The van der Waals surface area contributed by atoms with Gasteiger partial charge in [0.05, 0.1) is 0 Å². The Morgan fingerprint density at radius 2 is 2.18 bits per heavy atom. The van der Waals surface area contributed by atoms with Crippen molar-refractivity contribution >= 4 is 17.7 Å². The van der Waals surface area contributed by atoms with Crippen LogP contribution in [0.1, 0.15) is 23.3 Å². The number of rotatable bonds is 5. The van der Waals surface area contributed by atoms with E-state index in [0.29, 0.717) is 12.5 Å². The van der Waals surface area contributed by atoms with Gasteiger partial charge in [-0.2, -0.15) is 0 Å². The van der Waals surface area contributed by atoms with Crippen molar-refractivity contribution in [2.24, 2.45) is 5.92 Å². The molecule has 0 bridgehead atoms. The predicted octanol–water partition coefficient (Wildman–Crippen LogP) is -0.411. The minimum atomic E-state index is -1.07. The van der Waals surface area contributed by atoms with Crippen LogP contribution in [0.4, 0.5) is 5.82 Å². The molecular formula is C9H12N4O4. The number of hydrogen-bond acceptors (Lipinski definition) is 6. The smallest absolute Gasteiger partial charge is 0.323 e. The van der Waals surface area contributed by atoms with Crippen LogP contribution in [0.2, 0.25) is 0 Å². The molecule has 8 nitrogen and oxygen atoms in total. The summed E-state index contributed by atoms with van der Waals surface area (Å²) >= 11 is 0. The Morgan fingerprint density at radius 3 is 2.65 bits per heavy atom. The summed E-state index contributed by atoms with van der Waals surface area (Å²) in [6, 6.07) is 0. The van der Waals surface area contributed by atoms with E-state index >= 15 is 0 Å². The first-order valence-corrected chi connectivity index (χ1v) is 5.17. The Kier molecular flexibility index (Phi) is 2.94. The molecule has 1 aliphatic rings. The summed E-state index contributed by atoms with van der Waals surface area (Å²) in [7, 11) is 0. The molecule has 0 spiro atoms. The molecule has 1 heterocycles. The molecule has 1 aromatic rings. The van der Waals surface area contributed by atoms with Gasteiger partial charge in [0.1, 0.15) is 6.54 Å². The van der Waals surface area contributed by atoms with Gasteiger partial charge in [-0.1, -0.05) is 0 Å². The van der Waals surface area contributed by atoms with E-state index in [1.165, 1.54) is 4.90 Å². The SMILES string of the molecule is Nc1nonc1C(=O)N(CC(=O)O)CC1CC1. The van der Waals surface area contributed by atoms with Crippen LogP contribution in [-0.4, -0.2) is 45.3 Å². The fourth-order valence-corrected chi connectivity index (χ4v) is 1.49. The van der Waals surface area contributed by atoms with Crippen LogP contribution in [0.5, 0.6) is 0 Å². The summed E-state index contributed by atoms with van der Waals surface area (Å²) in [5.41, 5.74) is 5.26. The molecular weight excluding hydrogens is 228 g/mol. The van der Waals surface area contributed by atoms with Gasteiger partial charge in [0, 0.05) is 6.54 Å². The lowest BCUT2D eigenvalue weighted by molar-refractivity contribution is -0.137. The van der Waals surface area contributed by atoms with Crippen molar-refractivity contribution in [1.29, 1.82) is 0 Å². The van der Waals surface area contributed by atoms with E-state index in [9.17, 15) is 9.59 Å². The maximum absolute atomic E-state index is 11.9. The minimum absolute atomic E-state index is 0.124. The summed E-state index contributed by atoms with van der Waals surface area (Å²) in [4.78, 5) is 23.8. The average Bonchev–Trinajstić information content (AvgIpc) is 2.97. The van der Waals surface area contributed by atoms with Crippen molar-refractivity contribution in [3.8, 4) is 0 Å². The van der Waals surface area contributed by atoms with E-state index < -0.39 is 11.9 Å². The monoisotopic (exact) mass is 240 g/mol. The van der Waals surface area contributed by atoms with Crippen molar-refractivity contribution < 1.29 is 19.3 Å². The highest BCUT2D eigenvalue weighted by Crippen LogP contribution is 2.30. The largest absolute Gasteiger partial charge is 0.480 e. The number of amides is 1. The molecule has 3 N–H and O–H groups in total. The van der Waals surface area contributed by atoms with Gasteiger partial charge >= 0.3 is 5.97 Å². The van der Waals surface area contributed by atoms with Crippen LogP contribution in [0.15, 0.2) is 4.63 Å². The maximum atomic E-state index is 11.9. The molecule has 0 saturated heterocycles. The molecule has 1 aromatic heterocycles. The third kappa shape index (κ3) is 2.71. The minimum Gasteiger partial charge on any atom is -0.480 e. The highest BCUT2D eigenvalue weighted by Gasteiger charge is 2.30. The van der Waals surface area contributed by atoms with Crippen molar-refractivity contribution in [3.63, 3.8) is 0 Å². The van der Waals surface area contributed by atoms with Crippen molar-refractivity contribution in [1.82, 2.24) is 15.2 Å². The molecule has 2 rings (SSSR count). The molecule has 92 valence electrons. The molecule has 0 aliphatic heterocycles. The Bertz CT molecular complexity index is 440. The van der Waals surface area contributed by atoms with Gasteiger partial charge in [-0.05, 0) is 29.1 Å². The number of aromatic nitrogens is 2. The third-order valence-corrected chi connectivity index (χ3v) is 2.51. The van der Waals surface area contributed by atoms with Gasteiger partial charge in [0.2, 0.25) is 11.5 Å². The number of hydrogen-bond donors (Lipinski definition) is 2. The highest BCUT2D eigenvalue weighted by molar-refractivity contribution is 5.97. The lowest BCUT2D eigenvalue weighted by atomic mass is 10.3. The van der Waals surface area contributed by atoms with Gasteiger partial charge in [-0.25, -0.2) is 4.63 Å². The molecule has 0 aromatic carbocycles. The van der Waals surface area contributed by atoms with E-state index in [0.717, 1.165) is 12.8 Å². The number of carboxylic acids is 1. The van der Waals surface area contributed by atoms with Crippen LogP contribution in [-0.2, 0) is 4.79 Å². The lowest BCUT2D eigenvalue weighted by Crippen LogP contribution is -2.37. The molecule has 1 saturated carbocycles. The third-order valence-electron chi connectivity index (χ3n) is 2.51. The first kappa shape index (κ1) is 11.4. The van der Waals surface area contributed by atoms with Crippen LogP contribution >= 0.6 is 0 Å². The maximum Gasteiger partial charge on any atom is 0.323 e. The second-order valence-electron chi connectivity index (χ2n) is 4.02. The lowest BCUT2D eigenvalue weighted by Gasteiger charge is -2.18. The fraction of sp³-hybridized carbons (Fsp3) is 0.556. The molecule has 1 fully saturated rings. The number of anilines is 1. The van der Waals surface area contributed by atoms with Gasteiger partial charge in [0.15, 0.2) is 0 Å². The predicted molar refractivity (Wildman–Crippen MR) is 55.0 cm³/mol. The first-order chi connectivity index (χ1) is 8.08. The fourth-order valence-electron chi connectivity index (χ4n) is 1.49. The van der Waals surface area contributed by atoms with Crippen LogP contribution in [0, 0.1) is 5.92 Å².